The second-order valence-corrected chi connectivity index (χ2v) is 6.80. The SMILES string of the molecule is Fc1cccc(F)c1NC(=S)NC1(c2cccs2)CCCC1. The Balaban J connectivity index is 1.78. The molecule has 1 aromatic heterocycles. The molecular formula is C16H16F2N2S2. The highest BCUT2D eigenvalue weighted by Gasteiger charge is 2.37. The van der Waals surface area contributed by atoms with Crippen molar-refractivity contribution in [2.24, 2.45) is 0 Å². The first-order valence-corrected chi connectivity index (χ1v) is 8.47. The van der Waals surface area contributed by atoms with Crippen molar-refractivity contribution in [2.45, 2.75) is 31.2 Å². The lowest BCUT2D eigenvalue weighted by Crippen LogP contribution is -2.45. The smallest absolute Gasteiger partial charge is 0.171 e. The van der Waals surface area contributed by atoms with E-state index in [2.05, 4.69) is 16.7 Å². The molecule has 1 fully saturated rings. The highest BCUT2D eigenvalue weighted by atomic mass is 32.1. The third-order valence-corrected chi connectivity index (χ3v) is 5.28. The van der Waals surface area contributed by atoms with Gasteiger partial charge >= 0.3 is 0 Å². The van der Waals surface area contributed by atoms with Gasteiger partial charge in [-0.05, 0) is 48.6 Å². The fraction of sp³-hybridized carbons (Fsp3) is 0.312. The zero-order chi connectivity index (χ0) is 15.6. The monoisotopic (exact) mass is 338 g/mol. The Morgan fingerprint density at radius 3 is 2.36 bits per heavy atom. The van der Waals surface area contributed by atoms with E-state index < -0.39 is 11.6 Å². The maximum atomic E-state index is 13.7. The highest BCUT2D eigenvalue weighted by molar-refractivity contribution is 7.80. The Morgan fingerprint density at radius 2 is 1.77 bits per heavy atom. The summed E-state index contributed by atoms with van der Waals surface area (Å²) < 4.78 is 27.4. The zero-order valence-corrected chi connectivity index (χ0v) is 13.5. The van der Waals surface area contributed by atoms with E-state index in [-0.39, 0.29) is 16.3 Å². The van der Waals surface area contributed by atoms with Crippen LogP contribution in [-0.2, 0) is 5.54 Å². The highest BCUT2D eigenvalue weighted by Crippen LogP contribution is 2.40. The van der Waals surface area contributed by atoms with Gasteiger partial charge in [-0.15, -0.1) is 11.3 Å². The van der Waals surface area contributed by atoms with Crippen molar-refractivity contribution in [3.8, 4) is 0 Å². The number of halogens is 2. The quantitative estimate of drug-likeness (QED) is 0.788. The van der Waals surface area contributed by atoms with Gasteiger partial charge < -0.3 is 10.6 Å². The van der Waals surface area contributed by atoms with Crippen molar-refractivity contribution in [1.29, 1.82) is 0 Å². The number of thiophene rings is 1. The number of benzene rings is 1. The van der Waals surface area contributed by atoms with E-state index in [0.29, 0.717) is 0 Å². The Bertz CT molecular complexity index is 645. The van der Waals surface area contributed by atoms with Gasteiger partial charge in [-0.1, -0.05) is 25.0 Å². The lowest BCUT2D eigenvalue weighted by Gasteiger charge is -2.31. The number of anilines is 1. The van der Waals surface area contributed by atoms with Gasteiger partial charge in [-0.25, -0.2) is 8.78 Å². The molecule has 0 bridgehead atoms. The molecular weight excluding hydrogens is 322 g/mol. The van der Waals surface area contributed by atoms with Crippen molar-refractivity contribution in [3.63, 3.8) is 0 Å². The second-order valence-electron chi connectivity index (χ2n) is 5.44. The van der Waals surface area contributed by atoms with Crippen LogP contribution in [0.25, 0.3) is 0 Å². The lowest BCUT2D eigenvalue weighted by molar-refractivity contribution is 0.417. The minimum atomic E-state index is -0.652. The lowest BCUT2D eigenvalue weighted by atomic mass is 9.96. The summed E-state index contributed by atoms with van der Waals surface area (Å²) in [4.78, 5) is 1.21. The van der Waals surface area contributed by atoms with E-state index in [1.807, 2.05) is 11.4 Å². The van der Waals surface area contributed by atoms with Crippen LogP contribution in [0.2, 0.25) is 0 Å². The molecule has 2 nitrogen and oxygen atoms in total. The van der Waals surface area contributed by atoms with Crippen LogP contribution in [0.4, 0.5) is 14.5 Å². The zero-order valence-electron chi connectivity index (χ0n) is 11.9. The van der Waals surface area contributed by atoms with Crippen LogP contribution in [-0.4, -0.2) is 5.11 Å². The number of rotatable bonds is 3. The number of nitrogens with one attached hydrogen (secondary N) is 2. The van der Waals surface area contributed by atoms with E-state index in [4.69, 9.17) is 12.2 Å². The van der Waals surface area contributed by atoms with Gasteiger partial charge in [0.1, 0.15) is 17.3 Å². The van der Waals surface area contributed by atoms with Crippen molar-refractivity contribution >= 4 is 34.4 Å². The first-order valence-electron chi connectivity index (χ1n) is 7.18. The molecule has 0 radical (unpaired) electrons. The number of hydrogen-bond acceptors (Lipinski definition) is 2. The molecule has 0 atom stereocenters. The van der Waals surface area contributed by atoms with Gasteiger partial charge in [0.25, 0.3) is 0 Å². The van der Waals surface area contributed by atoms with Crippen LogP contribution in [0.3, 0.4) is 0 Å². The number of hydrogen-bond donors (Lipinski definition) is 2. The average Bonchev–Trinajstić information content (AvgIpc) is 3.14. The summed E-state index contributed by atoms with van der Waals surface area (Å²) in [6.45, 7) is 0. The van der Waals surface area contributed by atoms with Crippen molar-refractivity contribution < 1.29 is 8.78 Å². The molecule has 0 saturated heterocycles. The summed E-state index contributed by atoms with van der Waals surface area (Å²) in [5.74, 6) is -1.30. The first-order chi connectivity index (χ1) is 10.6. The summed E-state index contributed by atoms with van der Waals surface area (Å²) in [5.41, 5.74) is -0.431. The molecule has 6 heteroatoms. The van der Waals surface area contributed by atoms with Gasteiger partial charge in [0, 0.05) is 4.88 Å². The summed E-state index contributed by atoms with van der Waals surface area (Å²) in [6, 6.07) is 7.83. The summed E-state index contributed by atoms with van der Waals surface area (Å²) in [6.07, 6.45) is 4.16. The van der Waals surface area contributed by atoms with Crippen LogP contribution in [0.15, 0.2) is 35.7 Å². The molecule has 22 heavy (non-hydrogen) atoms. The Morgan fingerprint density at radius 1 is 1.09 bits per heavy atom. The molecule has 2 N–H and O–H groups in total. The third kappa shape index (κ3) is 2.98. The van der Waals surface area contributed by atoms with Crippen LogP contribution in [0.1, 0.15) is 30.6 Å². The molecule has 1 aliphatic rings. The van der Waals surface area contributed by atoms with Gasteiger partial charge in [-0.3, -0.25) is 0 Å². The van der Waals surface area contributed by atoms with Crippen molar-refractivity contribution in [3.05, 3.63) is 52.2 Å². The molecule has 2 aromatic rings. The fourth-order valence-electron chi connectivity index (χ4n) is 2.94. The van der Waals surface area contributed by atoms with Crippen LogP contribution >= 0.6 is 23.6 Å². The van der Waals surface area contributed by atoms with Gasteiger partial charge in [0.2, 0.25) is 0 Å². The molecule has 0 aliphatic heterocycles. The largest absolute Gasteiger partial charge is 0.352 e. The van der Waals surface area contributed by atoms with Gasteiger partial charge in [0.15, 0.2) is 5.11 Å². The van der Waals surface area contributed by atoms with Crippen molar-refractivity contribution in [2.75, 3.05) is 5.32 Å². The van der Waals surface area contributed by atoms with Gasteiger partial charge in [-0.2, -0.15) is 0 Å². The average molecular weight is 338 g/mol. The molecule has 1 aromatic carbocycles. The molecule has 1 heterocycles. The Hall–Kier alpha value is -1.53. The number of thiocarbonyl (C=S) groups is 1. The van der Waals surface area contributed by atoms with E-state index in [9.17, 15) is 8.78 Å². The molecule has 0 amide bonds. The van der Waals surface area contributed by atoms with E-state index in [1.165, 1.54) is 23.1 Å². The Kier molecular flexibility index (Phi) is 4.40. The summed E-state index contributed by atoms with van der Waals surface area (Å²) in [7, 11) is 0. The van der Waals surface area contributed by atoms with Gasteiger partial charge in [0.05, 0.1) is 5.54 Å². The summed E-state index contributed by atoms with van der Waals surface area (Å²) in [5, 5.41) is 8.24. The number of para-hydroxylation sites is 1. The maximum Gasteiger partial charge on any atom is 0.171 e. The minimum absolute atomic E-state index is 0.209. The minimum Gasteiger partial charge on any atom is -0.352 e. The van der Waals surface area contributed by atoms with Crippen LogP contribution in [0, 0.1) is 11.6 Å². The third-order valence-electron chi connectivity index (χ3n) is 4.00. The molecule has 116 valence electrons. The predicted octanol–water partition coefficient (Wildman–Crippen LogP) is 4.78. The normalized spacial score (nSPS) is 16.5. The standard InChI is InChI=1S/C16H16F2N2S2/c17-11-5-3-6-12(18)14(11)19-15(21)20-16(8-1-2-9-16)13-7-4-10-22-13/h3-7,10H,1-2,8-9H2,(H2,19,20,21). The van der Waals surface area contributed by atoms with E-state index in [0.717, 1.165) is 25.7 Å². The molecule has 0 spiro atoms. The second kappa shape index (κ2) is 6.30. The molecule has 1 aliphatic carbocycles. The molecule has 1 saturated carbocycles. The van der Waals surface area contributed by atoms with Crippen LogP contribution < -0.4 is 10.6 Å². The fourth-order valence-corrected chi connectivity index (χ4v) is 4.18. The maximum absolute atomic E-state index is 13.7. The Labute approximate surface area is 137 Å². The topological polar surface area (TPSA) is 24.1 Å². The first kappa shape index (κ1) is 15.4. The van der Waals surface area contributed by atoms with Crippen LogP contribution in [0.5, 0.6) is 0 Å². The van der Waals surface area contributed by atoms with E-state index >= 15 is 0 Å². The summed E-state index contributed by atoms with van der Waals surface area (Å²) >= 11 is 6.96. The molecule has 3 rings (SSSR count). The molecule has 0 unspecified atom stereocenters. The predicted molar refractivity (Wildman–Crippen MR) is 90.2 cm³/mol. The van der Waals surface area contributed by atoms with Crippen molar-refractivity contribution in [1.82, 2.24) is 5.32 Å². The van der Waals surface area contributed by atoms with E-state index in [1.54, 1.807) is 11.3 Å².